The van der Waals surface area contributed by atoms with E-state index in [1.54, 1.807) is 0 Å². The van der Waals surface area contributed by atoms with Crippen molar-refractivity contribution in [3.8, 4) is 0 Å². The summed E-state index contributed by atoms with van der Waals surface area (Å²) in [5.41, 5.74) is 0.0555. The van der Waals surface area contributed by atoms with E-state index in [0.29, 0.717) is 18.9 Å². The Hall–Kier alpha value is -2.04. The SMILES string of the molecule is CCCCCCCCCCCCCCCCCCN1C(=O)C1(CC(C)C)NC(=O)OCc1ccccc1. The van der Waals surface area contributed by atoms with Gasteiger partial charge in [0.1, 0.15) is 6.61 Å². The molecule has 1 unspecified atom stereocenters. The molecule has 1 atom stereocenters. The van der Waals surface area contributed by atoms with Gasteiger partial charge in [-0.3, -0.25) is 10.1 Å². The van der Waals surface area contributed by atoms with Crippen LogP contribution in [0.3, 0.4) is 0 Å². The number of nitrogens with one attached hydrogen (secondary N) is 1. The van der Waals surface area contributed by atoms with Gasteiger partial charge in [0.05, 0.1) is 0 Å². The lowest BCUT2D eigenvalue weighted by Crippen LogP contribution is -2.43. The molecule has 1 saturated heterocycles. The lowest BCUT2D eigenvalue weighted by atomic mass is 10.0. The summed E-state index contributed by atoms with van der Waals surface area (Å²) in [6.07, 6.45) is 21.4. The summed E-state index contributed by atoms with van der Waals surface area (Å²) in [7, 11) is 0. The van der Waals surface area contributed by atoms with E-state index in [2.05, 4.69) is 26.1 Å². The molecule has 2 amide bonds. The van der Waals surface area contributed by atoms with E-state index in [9.17, 15) is 9.59 Å². The maximum Gasteiger partial charge on any atom is 0.409 e. The standard InChI is InChI=1S/C32H54N2O3/c1-4-5-6-7-8-9-10-11-12-13-14-15-16-17-18-22-25-34-30(35)32(34,26-28(2)3)33-31(36)37-27-29-23-20-19-21-24-29/h19-21,23-24,28H,4-18,22,25-27H2,1-3H3,(H,33,36). The van der Waals surface area contributed by atoms with Gasteiger partial charge in [-0.05, 0) is 17.9 Å². The highest BCUT2D eigenvalue weighted by Gasteiger charge is 2.63. The van der Waals surface area contributed by atoms with E-state index in [1.807, 2.05) is 35.2 Å². The first-order valence-corrected chi connectivity index (χ1v) is 15.3. The van der Waals surface area contributed by atoms with Crippen molar-refractivity contribution < 1.29 is 14.3 Å². The fraction of sp³-hybridized carbons (Fsp3) is 0.750. The van der Waals surface area contributed by atoms with Crippen LogP contribution in [0.25, 0.3) is 0 Å². The van der Waals surface area contributed by atoms with Gasteiger partial charge in [0.15, 0.2) is 5.66 Å². The second kappa shape index (κ2) is 18.3. The average molecular weight is 515 g/mol. The minimum Gasteiger partial charge on any atom is -0.445 e. The number of rotatable bonds is 22. The molecule has 37 heavy (non-hydrogen) atoms. The van der Waals surface area contributed by atoms with Crippen LogP contribution in [0.1, 0.15) is 135 Å². The molecule has 1 heterocycles. The molecule has 5 nitrogen and oxygen atoms in total. The molecule has 1 N–H and O–H groups in total. The summed E-state index contributed by atoms with van der Waals surface area (Å²) < 4.78 is 5.39. The van der Waals surface area contributed by atoms with Crippen molar-refractivity contribution in [1.82, 2.24) is 10.2 Å². The van der Waals surface area contributed by atoms with Crippen LogP contribution in [0.2, 0.25) is 0 Å². The molecule has 2 rings (SSSR count). The first-order chi connectivity index (χ1) is 18.0. The largest absolute Gasteiger partial charge is 0.445 e. The molecule has 210 valence electrons. The smallest absolute Gasteiger partial charge is 0.409 e. The van der Waals surface area contributed by atoms with Gasteiger partial charge in [0.2, 0.25) is 0 Å². The molecule has 1 aromatic carbocycles. The average Bonchev–Trinajstić information content (AvgIpc) is 3.41. The molecule has 0 spiro atoms. The Balaban J connectivity index is 1.51. The first kappa shape index (κ1) is 31.2. The fourth-order valence-corrected chi connectivity index (χ4v) is 5.31. The lowest BCUT2D eigenvalue weighted by molar-refractivity contribution is -0.114. The van der Waals surface area contributed by atoms with Crippen LogP contribution in [0.15, 0.2) is 30.3 Å². The van der Waals surface area contributed by atoms with Crippen molar-refractivity contribution in [2.45, 2.75) is 142 Å². The van der Waals surface area contributed by atoms with E-state index in [4.69, 9.17) is 4.74 Å². The molecule has 1 aliphatic heterocycles. The fourth-order valence-electron chi connectivity index (χ4n) is 5.31. The zero-order valence-electron chi connectivity index (χ0n) is 24.1. The number of unbranched alkanes of at least 4 members (excludes halogenated alkanes) is 15. The van der Waals surface area contributed by atoms with Crippen LogP contribution in [-0.4, -0.2) is 29.1 Å². The molecule has 5 heteroatoms. The number of carbonyl (C=O) groups excluding carboxylic acids is 2. The van der Waals surface area contributed by atoms with Crippen LogP contribution >= 0.6 is 0 Å². The molecule has 1 fully saturated rings. The van der Waals surface area contributed by atoms with Gasteiger partial charge in [0.25, 0.3) is 5.91 Å². The molecule has 0 bridgehead atoms. The number of nitrogens with zero attached hydrogens (tertiary/aromatic N) is 1. The van der Waals surface area contributed by atoms with E-state index < -0.39 is 11.8 Å². The molecule has 0 aromatic heterocycles. The minimum absolute atomic E-state index is 0.0267. The molecule has 1 aromatic rings. The normalized spacial score (nSPS) is 16.9. The Kier molecular flexibility index (Phi) is 15.4. The third-order valence-electron chi connectivity index (χ3n) is 7.47. The Morgan fingerprint density at radius 2 is 1.30 bits per heavy atom. The molecule has 0 saturated carbocycles. The first-order valence-electron chi connectivity index (χ1n) is 15.3. The summed E-state index contributed by atoms with van der Waals surface area (Å²) in [6.45, 7) is 7.36. The van der Waals surface area contributed by atoms with Crippen molar-refractivity contribution in [2.75, 3.05) is 6.54 Å². The Bertz CT molecular complexity index is 752. The predicted octanol–water partition coefficient (Wildman–Crippen LogP) is 8.76. The van der Waals surface area contributed by atoms with Gasteiger partial charge in [-0.1, -0.05) is 147 Å². The second-order valence-corrected chi connectivity index (χ2v) is 11.4. The van der Waals surface area contributed by atoms with Gasteiger partial charge >= 0.3 is 6.09 Å². The van der Waals surface area contributed by atoms with E-state index in [1.165, 1.54) is 89.9 Å². The van der Waals surface area contributed by atoms with Gasteiger partial charge in [-0.2, -0.15) is 0 Å². The van der Waals surface area contributed by atoms with Gasteiger partial charge in [-0.15, -0.1) is 0 Å². The summed E-state index contributed by atoms with van der Waals surface area (Å²) in [6, 6.07) is 9.61. The highest BCUT2D eigenvalue weighted by molar-refractivity contribution is 6.03. The maximum absolute atomic E-state index is 12.7. The van der Waals surface area contributed by atoms with Crippen LogP contribution in [-0.2, 0) is 16.1 Å². The minimum atomic E-state index is -0.878. The van der Waals surface area contributed by atoms with Crippen LogP contribution < -0.4 is 5.32 Å². The highest BCUT2D eigenvalue weighted by atomic mass is 16.5. The van der Waals surface area contributed by atoms with Crippen molar-refractivity contribution in [3.05, 3.63) is 35.9 Å². The number of amides is 2. The van der Waals surface area contributed by atoms with Gasteiger partial charge < -0.3 is 9.64 Å². The van der Waals surface area contributed by atoms with E-state index >= 15 is 0 Å². The van der Waals surface area contributed by atoms with E-state index in [0.717, 1.165) is 18.4 Å². The van der Waals surface area contributed by atoms with Crippen molar-refractivity contribution in [2.24, 2.45) is 5.92 Å². The zero-order valence-corrected chi connectivity index (χ0v) is 24.1. The number of hydrogen-bond acceptors (Lipinski definition) is 3. The highest BCUT2D eigenvalue weighted by Crippen LogP contribution is 2.38. The number of carbonyl (C=O) groups is 2. The molecular weight excluding hydrogens is 460 g/mol. The lowest BCUT2D eigenvalue weighted by Gasteiger charge is -2.19. The molecule has 0 aliphatic carbocycles. The Morgan fingerprint density at radius 1 is 0.811 bits per heavy atom. The second-order valence-electron chi connectivity index (χ2n) is 11.4. The van der Waals surface area contributed by atoms with Gasteiger partial charge in [-0.25, -0.2) is 4.79 Å². The summed E-state index contributed by atoms with van der Waals surface area (Å²) >= 11 is 0. The van der Waals surface area contributed by atoms with Crippen molar-refractivity contribution in [1.29, 1.82) is 0 Å². The quantitative estimate of drug-likeness (QED) is 0.124. The van der Waals surface area contributed by atoms with Crippen LogP contribution in [0.5, 0.6) is 0 Å². The maximum atomic E-state index is 12.7. The number of hydrogen-bond donors (Lipinski definition) is 1. The van der Waals surface area contributed by atoms with E-state index in [-0.39, 0.29) is 12.5 Å². The van der Waals surface area contributed by atoms with Gasteiger partial charge in [0, 0.05) is 13.0 Å². The Morgan fingerprint density at radius 3 is 1.78 bits per heavy atom. The predicted molar refractivity (Wildman–Crippen MR) is 153 cm³/mol. The molecule has 1 aliphatic rings. The summed E-state index contributed by atoms with van der Waals surface area (Å²) in [4.78, 5) is 27.0. The monoisotopic (exact) mass is 514 g/mol. The summed E-state index contributed by atoms with van der Waals surface area (Å²) in [5, 5.41) is 2.89. The van der Waals surface area contributed by atoms with Crippen molar-refractivity contribution in [3.63, 3.8) is 0 Å². The van der Waals surface area contributed by atoms with Crippen LogP contribution in [0.4, 0.5) is 4.79 Å². The molecule has 0 radical (unpaired) electrons. The zero-order chi connectivity index (χ0) is 26.8. The molecular formula is C32H54N2O3. The summed E-state index contributed by atoms with van der Waals surface area (Å²) in [5.74, 6) is 0.327. The van der Waals surface area contributed by atoms with Crippen LogP contribution in [0, 0.1) is 5.92 Å². The topological polar surface area (TPSA) is 58.4 Å². The van der Waals surface area contributed by atoms with Crippen molar-refractivity contribution >= 4 is 12.0 Å². The Labute approximate surface area is 227 Å². The number of benzene rings is 1. The third kappa shape index (κ3) is 12.4. The number of ether oxygens (including phenoxy) is 1. The number of alkyl carbamates (subject to hydrolysis) is 1. The third-order valence-corrected chi connectivity index (χ3v) is 7.47.